The second kappa shape index (κ2) is 6.44. The van der Waals surface area contributed by atoms with Gasteiger partial charge in [-0.2, -0.15) is 0 Å². The summed E-state index contributed by atoms with van der Waals surface area (Å²) in [5, 5.41) is 12.2. The number of likely N-dealkylation sites (N-methyl/N-ethyl adjacent to an activating group) is 1. The third-order valence-electron chi connectivity index (χ3n) is 4.86. The van der Waals surface area contributed by atoms with Gasteiger partial charge in [0.25, 0.3) is 0 Å². The minimum atomic E-state index is -1.27. The van der Waals surface area contributed by atoms with Crippen molar-refractivity contribution < 1.29 is 14.7 Å². The number of rotatable bonds is 4. The van der Waals surface area contributed by atoms with Crippen molar-refractivity contribution in [2.45, 2.75) is 44.6 Å². The minimum absolute atomic E-state index is 0.0107. The van der Waals surface area contributed by atoms with Crippen LogP contribution in [0.25, 0.3) is 10.9 Å². The summed E-state index contributed by atoms with van der Waals surface area (Å²) in [6, 6.07) is 7.58. The number of hydrogen-bond donors (Lipinski definition) is 1. The molecule has 1 aliphatic carbocycles. The fourth-order valence-electron chi connectivity index (χ4n) is 3.51. The van der Waals surface area contributed by atoms with Gasteiger partial charge in [-0.05, 0) is 24.5 Å². The Bertz CT molecular complexity index is 729. The summed E-state index contributed by atoms with van der Waals surface area (Å²) in [7, 11) is 1.83. The third kappa shape index (κ3) is 3.09. The lowest BCUT2D eigenvalue weighted by atomic mass is 9.94. The van der Waals surface area contributed by atoms with Gasteiger partial charge < -0.3 is 19.8 Å². The second-order valence-electron chi connectivity index (χ2n) is 6.28. The summed E-state index contributed by atoms with van der Waals surface area (Å²) >= 11 is 0. The molecule has 1 aromatic carbocycles. The van der Waals surface area contributed by atoms with Gasteiger partial charge in [0.2, 0.25) is 5.91 Å². The molecule has 1 fully saturated rings. The Morgan fingerprint density at radius 2 is 1.91 bits per heavy atom. The van der Waals surface area contributed by atoms with E-state index in [1.807, 2.05) is 25.2 Å². The van der Waals surface area contributed by atoms with Gasteiger partial charge in [-0.3, -0.25) is 4.79 Å². The molecule has 0 spiro atoms. The zero-order valence-corrected chi connectivity index (χ0v) is 13.3. The Morgan fingerprint density at radius 3 is 2.61 bits per heavy atom. The van der Waals surface area contributed by atoms with E-state index in [-0.39, 0.29) is 24.1 Å². The number of aromatic carboxylic acids is 1. The summed E-state index contributed by atoms with van der Waals surface area (Å²) in [5.74, 6) is -1.31. The van der Waals surface area contributed by atoms with E-state index < -0.39 is 5.97 Å². The highest BCUT2D eigenvalue weighted by Gasteiger charge is 2.24. The molecule has 0 bridgehead atoms. The number of benzene rings is 1. The molecule has 0 radical (unpaired) electrons. The number of aromatic nitrogens is 1. The van der Waals surface area contributed by atoms with Gasteiger partial charge in [-0.15, -0.1) is 0 Å². The molecule has 1 saturated carbocycles. The molecule has 0 unspecified atom stereocenters. The first-order valence-electron chi connectivity index (χ1n) is 8.14. The summed E-state index contributed by atoms with van der Waals surface area (Å²) in [5.41, 5.74) is 1.25. The van der Waals surface area contributed by atoms with E-state index in [0.29, 0.717) is 5.56 Å². The molecule has 2 aromatic rings. The van der Waals surface area contributed by atoms with Crippen molar-refractivity contribution in [2.75, 3.05) is 7.05 Å². The topological polar surface area (TPSA) is 76.2 Å². The fourth-order valence-corrected chi connectivity index (χ4v) is 3.51. The zero-order chi connectivity index (χ0) is 16.4. The number of amides is 1. The summed E-state index contributed by atoms with van der Waals surface area (Å²) < 4.78 is 0. The standard InChI is InChI=1S/C18H22N2O3/c1-20(12-7-3-2-4-8-12)16(21)11-14-13-9-5-6-10-15(13)19-17(14)18(22)23/h5-6,9-10,12,19H,2-4,7-8,11H2,1H3,(H,22,23)/p-1. The largest absolute Gasteiger partial charge is 0.543 e. The molecule has 1 N–H and O–H groups in total. The number of hydrogen-bond acceptors (Lipinski definition) is 3. The number of fused-ring (bicyclic) bond motifs is 1. The number of nitrogens with one attached hydrogen (secondary N) is 1. The monoisotopic (exact) mass is 313 g/mol. The van der Waals surface area contributed by atoms with Crippen LogP contribution in [0.3, 0.4) is 0 Å². The lowest BCUT2D eigenvalue weighted by molar-refractivity contribution is -0.255. The van der Waals surface area contributed by atoms with Crippen molar-refractivity contribution in [3.05, 3.63) is 35.5 Å². The molecular weight excluding hydrogens is 292 g/mol. The summed E-state index contributed by atoms with van der Waals surface area (Å²) in [4.78, 5) is 28.7. The lowest BCUT2D eigenvalue weighted by Gasteiger charge is -2.31. The van der Waals surface area contributed by atoms with Crippen LogP contribution in [0.4, 0.5) is 0 Å². The van der Waals surface area contributed by atoms with Crippen LogP contribution < -0.4 is 5.11 Å². The van der Waals surface area contributed by atoms with Gasteiger partial charge in [-0.1, -0.05) is 37.5 Å². The lowest BCUT2D eigenvalue weighted by Crippen LogP contribution is -2.39. The maximum Gasteiger partial charge on any atom is 0.227 e. The van der Waals surface area contributed by atoms with Crippen LogP contribution in [0, 0.1) is 0 Å². The van der Waals surface area contributed by atoms with Gasteiger partial charge >= 0.3 is 0 Å². The van der Waals surface area contributed by atoms with Gasteiger partial charge in [-0.25, -0.2) is 0 Å². The van der Waals surface area contributed by atoms with Crippen LogP contribution in [0.1, 0.15) is 48.2 Å². The molecule has 5 nitrogen and oxygen atoms in total. The van der Waals surface area contributed by atoms with Crippen LogP contribution in [-0.4, -0.2) is 34.8 Å². The summed E-state index contributed by atoms with van der Waals surface area (Å²) in [6.07, 6.45) is 5.68. The van der Waals surface area contributed by atoms with Crippen LogP contribution >= 0.6 is 0 Å². The average Bonchev–Trinajstić information content (AvgIpc) is 2.94. The molecular formula is C18H21N2O3-. The smallest absolute Gasteiger partial charge is 0.227 e. The zero-order valence-electron chi connectivity index (χ0n) is 13.3. The van der Waals surface area contributed by atoms with Gasteiger partial charge in [0.1, 0.15) is 0 Å². The van der Waals surface area contributed by atoms with E-state index in [1.54, 1.807) is 11.0 Å². The average molecular weight is 313 g/mol. The number of H-pyrrole nitrogens is 1. The van der Waals surface area contributed by atoms with Crippen molar-refractivity contribution in [2.24, 2.45) is 0 Å². The number of para-hydroxylation sites is 1. The van der Waals surface area contributed by atoms with E-state index in [2.05, 4.69) is 4.98 Å². The molecule has 0 saturated heterocycles. The molecule has 122 valence electrons. The molecule has 0 atom stereocenters. The number of aromatic amines is 1. The maximum absolute atomic E-state index is 12.6. The predicted octanol–water partition coefficient (Wildman–Crippen LogP) is 1.86. The van der Waals surface area contributed by atoms with E-state index >= 15 is 0 Å². The molecule has 5 heteroatoms. The van der Waals surface area contributed by atoms with Crippen molar-refractivity contribution in [1.29, 1.82) is 0 Å². The molecule has 1 amide bonds. The van der Waals surface area contributed by atoms with Crippen LogP contribution in [0.2, 0.25) is 0 Å². The number of carbonyl (C=O) groups excluding carboxylic acids is 2. The normalized spacial score (nSPS) is 15.7. The third-order valence-corrected chi connectivity index (χ3v) is 4.86. The highest BCUT2D eigenvalue weighted by molar-refractivity contribution is 5.99. The molecule has 1 heterocycles. The molecule has 3 rings (SSSR count). The van der Waals surface area contributed by atoms with Crippen molar-refractivity contribution >= 4 is 22.8 Å². The Morgan fingerprint density at radius 1 is 1.22 bits per heavy atom. The maximum atomic E-state index is 12.6. The number of carboxylic acid groups (broad SMARTS) is 1. The molecule has 0 aliphatic heterocycles. The van der Waals surface area contributed by atoms with Gasteiger partial charge in [0, 0.05) is 24.0 Å². The van der Waals surface area contributed by atoms with E-state index in [1.165, 1.54) is 6.42 Å². The SMILES string of the molecule is CN(C(=O)Cc1c(C(=O)[O-])[nH]c2ccccc12)C1CCCCC1. The van der Waals surface area contributed by atoms with E-state index in [0.717, 1.165) is 36.6 Å². The Kier molecular flexibility index (Phi) is 4.37. The molecule has 23 heavy (non-hydrogen) atoms. The Hall–Kier alpha value is -2.30. The molecule has 1 aliphatic rings. The number of carboxylic acids is 1. The first-order chi connectivity index (χ1) is 11.1. The van der Waals surface area contributed by atoms with Crippen LogP contribution in [-0.2, 0) is 11.2 Å². The number of nitrogens with zero attached hydrogens (tertiary/aromatic N) is 1. The Labute approximate surface area is 135 Å². The predicted molar refractivity (Wildman–Crippen MR) is 86.0 cm³/mol. The first-order valence-corrected chi connectivity index (χ1v) is 8.14. The van der Waals surface area contributed by atoms with Gasteiger partial charge in [0.05, 0.1) is 18.1 Å². The second-order valence-corrected chi connectivity index (χ2v) is 6.28. The van der Waals surface area contributed by atoms with E-state index in [4.69, 9.17) is 0 Å². The molecule has 1 aromatic heterocycles. The van der Waals surface area contributed by atoms with Crippen LogP contribution in [0.5, 0.6) is 0 Å². The highest BCUT2D eigenvalue weighted by Crippen LogP contribution is 2.25. The van der Waals surface area contributed by atoms with Crippen molar-refractivity contribution in [1.82, 2.24) is 9.88 Å². The minimum Gasteiger partial charge on any atom is -0.543 e. The highest BCUT2D eigenvalue weighted by atomic mass is 16.4. The summed E-state index contributed by atoms with van der Waals surface area (Å²) in [6.45, 7) is 0. The first kappa shape index (κ1) is 15.6. The van der Waals surface area contributed by atoms with Crippen molar-refractivity contribution in [3.63, 3.8) is 0 Å². The quantitative estimate of drug-likeness (QED) is 0.936. The van der Waals surface area contributed by atoms with Gasteiger partial charge in [0.15, 0.2) is 0 Å². The van der Waals surface area contributed by atoms with Crippen LogP contribution in [0.15, 0.2) is 24.3 Å². The number of carbonyl (C=O) groups is 2. The van der Waals surface area contributed by atoms with Crippen molar-refractivity contribution in [3.8, 4) is 0 Å². The Balaban J connectivity index is 1.86. The fraction of sp³-hybridized carbons (Fsp3) is 0.444. The van der Waals surface area contributed by atoms with E-state index in [9.17, 15) is 14.7 Å².